The predicted molar refractivity (Wildman–Crippen MR) is 75.3 cm³/mol. The van der Waals surface area contributed by atoms with Crippen LogP contribution in [-0.4, -0.2) is 42.4 Å². The Kier molecular flexibility index (Phi) is 4.24. The summed E-state index contributed by atoms with van der Waals surface area (Å²) in [4.78, 5) is -0.193. The van der Waals surface area contributed by atoms with Crippen molar-refractivity contribution in [2.75, 3.05) is 18.5 Å². The van der Waals surface area contributed by atoms with E-state index in [1.54, 1.807) is 24.3 Å². The molecule has 1 atom stereocenters. The van der Waals surface area contributed by atoms with Crippen LogP contribution in [0.4, 0.5) is 5.69 Å². The highest BCUT2D eigenvalue weighted by molar-refractivity contribution is 7.85. The zero-order chi connectivity index (χ0) is 14.8. The number of aliphatic hydroxyl groups excluding tert-OH is 2. The van der Waals surface area contributed by atoms with Gasteiger partial charge in [0.15, 0.2) is 0 Å². The Morgan fingerprint density at radius 2 is 1.95 bits per heavy atom. The summed E-state index contributed by atoms with van der Waals surface area (Å²) in [5.41, 5.74) is 0.612. The Hall–Kier alpha value is -1.67. The van der Waals surface area contributed by atoms with Crippen molar-refractivity contribution >= 4 is 26.6 Å². The first-order valence-electron chi connectivity index (χ1n) is 5.95. The number of nitrogens with one attached hydrogen (secondary N) is 1. The van der Waals surface area contributed by atoms with E-state index in [1.807, 2.05) is 0 Å². The molecule has 0 saturated heterocycles. The molecule has 20 heavy (non-hydrogen) atoms. The predicted octanol–water partition coefficient (Wildman–Crippen LogP) is 0.852. The van der Waals surface area contributed by atoms with Gasteiger partial charge >= 0.3 is 0 Å². The number of hydrogen-bond donors (Lipinski definition) is 4. The average molecular weight is 297 g/mol. The van der Waals surface area contributed by atoms with E-state index >= 15 is 0 Å². The molecular weight excluding hydrogens is 282 g/mol. The number of rotatable bonds is 5. The highest BCUT2D eigenvalue weighted by Crippen LogP contribution is 2.26. The lowest BCUT2D eigenvalue weighted by Gasteiger charge is -2.13. The number of benzene rings is 2. The molecule has 7 heteroatoms. The van der Waals surface area contributed by atoms with Gasteiger partial charge in [-0.3, -0.25) is 4.55 Å². The minimum absolute atomic E-state index is 0.131. The molecule has 0 aliphatic heterocycles. The van der Waals surface area contributed by atoms with E-state index in [0.29, 0.717) is 11.1 Å². The van der Waals surface area contributed by atoms with E-state index in [4.69, 9.17) is 9.66 Å². The van der Waals surface area contributed by atoms with Gasteiger partial charge in [0.25, 0.3) is 10.1 Å². The topological polar surface area (TPSA) is 107 Å². The molecule has 0 heterocycles. The second-order valence-corrected chi connectivity index (χ2v) is 5.80. The first-order valence-corrected chi connectivity index (χ1v) is 7.39. The van der Waals surface area contributed by atoms with Crippen LogP contribution in [0.5, 0.6) is 0 Å². The summed E-state index contributed by atoms with van der Waals surface area (Å²) in [6, 6.07) is 9.58. The molecule has 0 bridgehead atoms. The van der Waals surface area contributed by atoms with Crippen LogP contribution in [0.3, 0.4) is 0 Å². The number of anilines is 1. The van der Waals surface area contributed by atoms with Gasteiger partial charge in [-0.1, -0.05) is 18.2 Å². The van der Waals surface area contributed by atoms with E-state index in [2.05, 4.69) is 5.32 Å². The van der Waals surface area contributed by atoms with Crippen molar-refractivity contribution in [3.63, 3.8) is 0 Å². The van der Waals surface area contributed by atoms with Gasteiger partial charge < -0.3 is 15.5 Å². The first-order chi connectivity index (χ1) is 9.41. The molecule has 0 aliphatic carbocycles. The first kappa shape index (κ1) is 14.7. The molecule has 108 valence electrons. The van der Waals surface area contributed by atoms with Crippen molar-refractivity contribution < 1.29 is 23.2 Å². The Morgan fingerprint density at radius 3 is 2.60 bits per heavy atom. The van der Waals surface area contributed by atoms with E-state index in [9.17, 15) is 13.5 Å². The van der Waals surface area contributed by atoms with Crippen molar-refractivity contribution in [1.29, 1.82) is 0 Å². The summed E-state index contributed by atoms with van der Waals surface area (Å²) in [5.74, 6) is 0. The minimum atomic E-state index is -4.26. The Balaban J connectivity index is 2.44. The van der Waals surface area contributed by atoms with E-state index in [1.165, 1.54) is 12.1 Å². The summed E-state index contributed by atoms with van der Waals surface area (Å²) in [6.07, 6.45) is -0.907. The van der Waals surface area contributed by atoms with Gasteiger partial charge in [0.1, 0.15) is 0 Å². The lowest BCUT2D eigenvalue weighted by molar-refractivity contribution is 0.105. The van der Waals surface area contributed by atoms with E-state index < -0.39 is 16.2 Å². The molecule has 2 aromatic carbocycles. The van der Waals surface area contributed by atoms with E-state index in [0.717, 1.165) is 5.39 Å². The fraction of sp³-hybridized carbons (Fsp3) is 0.231. The van der Waals surface area contributed by atoms with Gasteiger partial charge in [-0.15, -0.1) is 0 Å². The number of aliphatic hydroxyl groups is 2. The van der Waals surface area contributed by atoms with E-state index in [-0.39, 0.29) is 18.0 Å². The van der Waals surface area contributed by atoms with Crippen LogP contribution in [0.25, 0.3) is 10.8 Å². The minimum Gasteiger partial charge on any atom is -0.394 e. The van der Waals surface area contributed by atoms with Crippen molar-refractivity contribution in [2.24, 2.45) is 0 Å². The molecule has 2 rings (SSSR count). The Morgan fingerprint density at radius 1 is 1.20 bits per heavy atom. The van der Waals surface area contributed by atoms with Gasteiger partial charge in [-0.05, 0) is 23.6 Å². The van der Waals surface area contributed by atoms with Crippen LogP contribution >= 0.6 is 0 Å². The van der Waals surface area contributed by atoms with Crippen LogP contribution in [0.1, 0.15) is 0 Å². The molecule has 0 aromatic heterocycles. The monoisotopic (exact) mass is 297 g/mol. The fourth-order valence-corrected chi connectivity index (χ4v) is 2.37. The van der Waals surface area contributed by atoms with Crippen LogP contribution in [0.2, 0.25) is 0 Å². The highest BCUT2D eigenvalue weighted by Gasteiger charge is 2.11. The molecule has 0 aliphatic rings. The molecule has 0 fully saturated rings. The largest absolute Gasteiger partial charge is 0.394 e. The third-order valence-electron chi connectivity index (χ3n) is 2.89. The zero-order valence-corrected chi connectivity index (χ0v) is 11.3. The third kappa shape index (κ3) is 3.26. The highest BCUT2D eigenvalue weighted by atomic mass is 32.2. The summed E-state index contributed by atoms with van der Waals surface area (Å²) in [5, 5.41) is 22.4. The number of hydrogen-bond acceptors (Lipinski definition) is 5. The molecular formula is C13H15NO5S. The van der Waals surface area contributed by atoms with Gasteiger partial charge in [0, 0.05) is 17.6 Å². The molecule has 0 radical (unpaired) electrons. The Labute approximate surface area is 116 Å². The van der Waals surface area contributed by atoms with Gasteiger partial charge in [-0.2, -0.15) is 8.42 Å². The number of fused-ring (bicyclic) bond motifs is 1. The van der Waals surface area contributed by atoms with Crippen LogP contribution in [0, 0.1) is 0 Å². The molecule has 6 nitrogen and oxygen atoms in total. The third-order valence-corrected chi connectivity index (χ3v) is 3.74. The van der Waals surface area contributed by atoms with Crippen molar-refractivity contribution in [1.82, 2.24) is 0 Å². The van der Waals surface area contributed by atoms with Crippen molar-refractivity contribution in [2.45, 2.75) is 11.0 Å². The summed E-state index contributed by atoms with van der Waals surface area (Å²) in [7, 11) is -4.26. The normalized spacial score (nSPS) is 13.3. The maximum Gasteiger partial charge on any atom is 0.294 e. The molecule has 0 saturated carbocycles. The van der Waals surface area contributed by atoms with Gasteiger partial charge in [-0.25, -0.2) is 0 Å². The summed E-state index contributed by atoms with van der Waals surface area (Å²) in [6.45, 7) is -0.236. The smallest absolute Gasteiger partial charge is 0.294 e. The lowest BCUT2D eigenvalue weighted by atomic mass is 10.1. The zero-order valence-electron chi connectivity index (χ0n) is 10.5. The summed E-state index contributed by atoms with van der Waals surface area (Å²) >= 11 is 0. The van der Waals surface area contributed by atoms with Crippen LogP contribution in [0.15, 0.2) is 41.3 Å². The van der Waals surface area contributed by atoms with Gasteiger partial charge in [0.05, 0.1) is 17.6 Å². The quantitative estimate of drug-likeness (QED) is 0.610. The molecule has 0 amide bonds. The summed E-state index contributed by atoms with van der Waals surface area (Å²) < 4.78 is 31.4. The molecule has 1 unspecified atom stereocenters. The average Bonchev–Trinajstić information content (AvgIpc) is 2.43. The van der Waals surface area contributed by atoms with Crippen LogP contribution < -0.4 is 5.32 Å². The van der Waals surface area contributed by atoms with Crippen molar-refractivity contribution in [3.05, 3.63) is 36.4 Å². The Bertz CT molecular complexity index is 714. The maximum absolute atomic E-state index is 11.2. The second kappa shape index (κ2) is 5.76. The standard InChI is InChI=1S/C13H15NO5S/c15-8-10(16)7-14-13-3-1-2-9-4-5-11(6-12(9)13)20(17,18)19/h1-6,10,14-16H,7-8H2,(H,17,18,19). The fourth-order valence-electron chi connectivity index (χ4n) is 1.86. The lowest BCUT2D eigenvalue weighted by Crippen LogP contribution is -2.23. The SMILES string of the molecule is O=S(=O)(O)c1ccc2cccc(NCC(O)CO)c2c1. The van der Waals surface area contributed by atoms with Crippen molar-refractivity contribution in [3.8, 4) is 0 Å². The maximum atomic E-state index is 11.2. The van der Waals surface area contributed by atoms with Gasteiger partial charge in [0.2, 0.25) is 0 Å². The van der Waals surface area contributed by atoms with Crippen LogP contribution in [-0.2, 0) is 10.1 Å². The molecule has 2 aromatic rings. The second-order valence-electron chi connectivity index (χ2n) is 4.38. The molecule has 0 spiro atoms. The molecule has 4 N–H and O–H groups in total.